The highest BCUT2D eigenvalue weighted by Crippen LogP contribution is 2.29. The first-order valence-electron chi connectivity index (χ1n) is 6.55. The van der Waals surface area contributed by atoms with Gasteiger partial charge in [0.25, 0.3) is 0 Å². The molecule has 1 aromatic rings. The fraction of sp³-hybridized carbons (Fsp3) is 0.615. The molecule has 112 valence electrons. The topological polar surface area (TPSA) is 42.9 Å². The molecule has 0 saturated heterocycles. The Morgan fingerprint density at radius 3 is 2.40 bits per heavy atom. The van der Waals surface area contributed by atoms with Crippen LogP contribution in [-0.4, -0.2) is 32.6 Å². The van der Waals surface area contributed by atoms with E-state index in [-0.39, 0.29) is 5.12 Å². The van der Waals surface area contributed by atoms with Crippen molar-refractivity contribution in [1.82, 2.24) is 10.2 Å². The second kappa shape index (κ2) is 10.7. The van der Waals surface area contributed by atoms with Crippen molar-refractivity contribution < 1.29 is 4.79 Å². The van der Waals surface area contributed by atoms with E-state index in [0.29, 0.717) is 5.57 Å². The number of hydrogen-bond acceptors (Lipinski definition) is 7. The quantitative estimate of drug-likeness (QED) is 0.345. The predicted octanol–water partition coefficient (Wildman–Crippen LogP) is 4.75. The van der Waals surface area contributed by atoms with E-state index in [2.05, 4.69) is 23.7 Å². The van der Waals surface area contributed by atoms with Crippen molar-refractivity contribution in [2.75, 3.05) is 17.3 Å². The standard InChI is InChI=1S/C13H20N2OS4/c1-4-5-6-7-18-12-14-15-13(20-12)19-9-8-17-11(16)10(2)3/h2,4-9H2,1,3H3. The van der Waals surface area contributed by atoms with Crippen LogP contribution in [0.25, 0.3) is 0 Å². The molecule has 0 N–H and O–H groups in total. The molecule has 0 fully saturated rings. The molecular formula is C13H20N2OS4. The minimum Gasteiger partial charge on any atom is -0.282 e. The molecule has 0 amide bonds. The fourth-order valence-corrected chi connectivity index (χ4v) is 5.12. The first-order chi connectivity index (χ1) is 9.63. The van der Waals surface area contributed by atoms with Crippen molar-refractivity contribution in [2.45, 2.75) is 41.8 Å². The van der Waals surface area contributed by atoms with Crippen LogP contribution in [0.5, 0.6) is 0 Å². The van der Waals surface area contributed by atoms with E-state index in [4.69, 9.17) is 0 Å². The summed E-state index contributed by atoms with van der Waals surface area (Å²) in [7, 11) is 0. The highest BCUT2D eigenvalue weighted by Gasteiger charge is 2.07. The molecule has 0 aromatic carbocycles. The van der Waals surface area contributed by atoms with Crippen molar-refractivity contribution in [2.24, 2.45) is 0 Å². The largest absolute Gasteiger partial charge is 0.282 e. The molecule has 1 aromatic heterocycles. The van der Waals surface area contributed by atoms with E-state index < -0.39 is 0 Å². The zero-order valence-electron chi connectivity index (χ0n) is 11.9. The third-order valence-corrected chi connectivity index (χ3v) is 6.81. The van der Waals surface area contributed by atoms with Gasteiger partial charge in [-0.2, -0.15) is 0 Å². The van der Waals surface area contributed by atoms with Crippen LogP contribution in [0.1, 0.15) is 33.1 Å². The molecule has 0 unspecified atom stereocenters. The van der Waals surface area contributed by atoms with Crippen LogP contribution in [0.3, 0.4) is 0 Å². The molecule has 0 aliphatic carbocycles. The number of carbonyl (C=O) groups is 1. The van der Waals surface area contributed by atoms with Gasteiger partial charge in [0, 0.05) is 17.3 Å². The van der Waals surface area contributed by atoms with Gasteiger partial charge in [0.05, 0.1) is 0 Å². The van der Waals surface area contributed by atoms with Crippen LogP contribution < -0.4 is 0 Å². The lowest BCUT2D eigenvalue weighted by Gasteiger charge is -1.98. The third-order valence-electron chi connectivity index (χ3n) is 2.25. The van der Waals surface area contributed by atoms with Gasteiger partial charge in [-0.05, 0) is 18.9 Å². The minimum absolute atomic E-state index is 0.0787. The predicted molar refractivity (Wildman–Crippen MR) is 93.2 cm³/mol. The number of rotatable bonds is 10. The lowest BCUT2D eigenvalue weighted by atomic mass is 10.3. The van der Waals surface area contributed by atoms with Gasteiger partial charge in [0.15, 0.2) is 8.68 Å². The monoisotopic (exact) mass is 348 g/mol. The SMILES string of the molecule is C=C(C)C(=O)SCCSc1nnc(SCCCCC)s1. The fourth-order valence-electron chi connectivity index (χ4n) is 1.21. The number of aromatic nitrogens is 2. The van der Waals surface area contributed by atoms with E-state index in [9.17, 15) is 4.79 Å². The summed E-state index contributed by atoms with van der Waals surface area (Å²) in [6, 6.07) is 0. The van der Waals surface area contributed by atoms with Gasteiger partial charge >= 0.3 is 0 Å². The smallest absolute Gasteiger partial charge is 0.214 e. The average molecular weight is 349 g/mol. The normalized spacial score (nSPS) is 10.7. The summed E-state index contributed by atoms with van der Waals surface area (Å²) in [6.07, 6.45) is 3.77. The van der Waals surface area contributed by atoms with Crippen molar-refractivity contribution in [3.05, 3.63) is 12.2 Å². The second-order valence-electron chi connectivity index (χ2n) is 4.15. The lowest BCUT2D eigenvalue weighted by Crippen LogP contribution is -1.95. The molecule has 0 spiro atoms. The highest BCUT2D eigenvalue weighted by molar-refractivity contribution is 8.14. The van der Waals surface area contributed by atoms with Gasteiger partial charge < -0.3 is 0 Å². The summed E-state index contributed by atoms with van der Waals surface area (Å²) in [4.78, 5) is 11.4. The molecule has 1 rings (SSSR count). The molecule has 0 atom stereocenters. The maximum atomic E-state index is 11.4. The summed E-state index contributed by atoms with van der Waals surface area (Å²) in [5.41, 5.74) is 0.613. The Morgan fingerprint density at radius 2 is 1.80 bits per heavy atom. The van der Waals surface area contributed by atoms with Crippen LogP contribution >= 0.6 is 46.6 Å². The Kier molecular flexibility index (Phi) is 9.67. The number of hydrogen-bond donors (Lipinski definition) is 0. The Bertz CT molecular complexity index is 434. The van der Waals surface area contributed by atoms with Gasteiger partial charge in [-0.1, -0.05) is 73.0 Å². The molecule has 0 aliphatic rings. The Morgan fingerprint density at radius 1 is 1.15 bits per heavy atom. The molecule has 20 heavy (non-hydrogen) atoms. The third kappa shape index (κ3) is 7.71. The molecule has 0 bridgehead atoms. The van der Waals surface area contributed by atoms with Gasteiger partial charge in [0.1, 0.15) is 0 Å². The molecule has 7 heteroatoms. The summed E-state index contributed by atoms with van der Waals surface area (Å²) < 4.78 is 2.04. The van der Waals surface area contributed by atoms with Crippen molar-refractivity contribution >= 4 is 51.7 Å². The molecule has 0 aliphatic heterocycles. The van der Waals surface area contributed by atoms with Gasteiger partial charge in [-0.15, -0.1) is 10.2 Å². The van der Waals surface area contributed by atoms with Crippen molar-refractivity contribution in [1.29, 1.82) is 0 Å². The van der Waals surface area contributed by atoms with E-state index in [1.54, 1.807) is 41.8 Å². The molecule has 3 nitrogen and oxygen atoms in total. The van der Waals surface area contributed by atoms with E-state index >= 15 is 0 Å². The molecule has 1 heterocycles. The Hall–Kier alpha value is 0.0200. The Labute approximate surface area is 137 Å². The molecule has 0 radical (unpaired) electrons. The van der Waals surface area contributed by atoms with Gasteiger partial charge in [0.2, 0.25) is 5.12 Å². The Balaban J connectivity index is 2.17. The van der Waals surface area contributed by atoms with Crippen LogP contribution in [0.4, 0.5) is 0 Å². The number of nitrogens with zero attached hydrogens (tertiary/aromatic N) is 2. The number of thioether (sulfide) groups is 3. The molecular weight excluding hydrogens is 328 g/mol. The van der Waals surface area contributed by atoms with Crippen LogP contribution in [0.15, 0.2) is 20.8 Å². The summed E-state index contributed by atoms with van der Waals surface area (Å²) >= 11 is 6.43. The van der Waals surface area contributed by atoms with E-state index in [0.717, 1.165) is 25.9 Å². The van der Waals surface area contributed by atoms with Crippen LogP contribution in [0.2, 0.25) is 0 Å². The lowest BCUT2D eigenvalue weighted by molar-refractivity contribution is -0.107. The van der Waals surface area contributed by atoms with Crippen molar-refractivity contribution in [3.8, 4) is 0 Å². The molecule has 0 saturated carbocycles. The van der Waals surface area contributed by atoms with E-state index in [1.807, 2.05) is 0 Å². The zero-order valence-corrected chi connectivity index (χ0v) is 15.2. The summed E-state index contributed by atoms with van der Waals surface area (Å²) in [5.74, 6) is 2.78. The summed E-state index contributed by atoms with van der Waals surface area (Å²) in [5, 5.41) is 8.42. The first-order valence-corrected chi connectivity index (χ1v) is 10.3. The highest BCUT2D eigenvalue weighted by atomic mass is 32.2. The maximum absolute atomic E-state index is 11.4. The zero-order chi connectivity index (χ0) is 14.8. The van der Waals surface area contributed by atoms with E-state index in [1.165, 1.54) is 31.0 Å². The number of unbranched alkanes of at least 4 members (excludes halogenated alkanes) is 2. The second-order valence-corrected chi connectivity index (χ2v) is 8.88. The van der Waals surface area contributed by atoms with Crippen LogP contribution in [0, 0.1) is 0 Å². The van der Waals surface area contributed by atoms with Crippen LogP contribution in [-0.2, 0) is 4.79 Å². The minimum atomic E-state index is 0.0787. The van der Waals surface area contributed by atoms with Gasteiger partial charge in [-0.25, -0.2) is 0 Å². The number of carbonyl (C=O) groups excluding carboxylic acids is 1. The maximum Gasteiger partial charge on any atom is 0.214 e. The average Bonchev–Trinajstić information content (AvgIpc) is 2.87. The van der Waals surface area contributed by atoms with Crippen molar-refractivity contribution in [3.63, 3.8) is 0 Å². The first kappa shape index (κ1) is 18.1. The van der Waals surface area contributed by atoms with Gasteiger partial charge in [-0.3, -0.25) is 4.79 Å². The summed E-state index contributed by atoms with van der Waals surface area (Å²) in [6.45, 7) is 7.59.